The van der Waals surface area contributed by atoms with Crippen LogP contribution >= 0.6 is 11.6 Å². The normalized spacial score (nSPS) is 10.9. The molecular formula is C27H20ClFN6O2. The Hall–Kier alpha value is -4.63. The Bertz CT molecular complexity index is 1600. The van der Waals surface area contributed by atoms with Crippen molar-refractivity contribution >= 4 is 29.1 Å². The van der Waals surface area contributed by atoms with Gasteiger partial charge in [-0.3, -0.25) is 19.7 Å². The van der Waals surface area contributed by atoms with Crippen LogP contribution in [0.15, 0.2) is 79.1 Å². The molecule has 2 aromatic carbocycles. The maximum Gasteiger partial charge on any atom is 0.258 e. The summed E-state index contributed by atoms with van der Waals surface area (Å²) in [6, 6.07) is 18.1. The van der Waals surface area contributed by atoms with Gasteiger partial charge in [-0.2, -0.15) is 10.2 Å². The molecule has 5 rings (SSSR count). The summed E-state index contributed by atoms with van der Waals surface area (Å²) >= 11 is 6.25. The number of aromatic amines is 1. The molecule has 0 fully saturated rings. The molecule has 0 aliphatic rings. The first-order chi connectivity index (χ1) is 17.9. The number of nitrogens with one attached hydrogen (secondary N) is 2. The minimum absolute atomic E-state index is 0.0476. The van der Waals surface area contributed by atoms with Gasteiger partial charge in [-0.15, -0.1) is 0 Å². The number of benzene rings is 2. The molecule has 5 aromatic rings. The lowest BCUT2D eigenvalue weighted by molar-refractivity contribution is 0.0985. The van der Waals surface area contributed by atoms with Gasteiger partial charge < -0.3 is 5.32 Å². The molecule has 0 aliphatic carbocycles. The Balaban J connectivity index is 1.50. The van der Waals surface area contributed by atoms with E-state index in [-0.39, 0.29) is 39.9 Å². The maximum atomic E-state index is 14.7. The van der Waals surface area contributed by atoms with Crippen LogP contribution in [0.1, 0.15) is 32.1 Å². The molecule has 0 aliphatic heterocycles. The average Bonchev–Trinajstić information content (AvgIpc) is 3.51. The molecule has 10 heteroatoms. The number of H-pyrrole nitrogens is 1. The Morgan fingerprint density at radius 2 is 1.86 bits per heavy atom. The van der Waals surface area contributed by atoms with Crippen molar-refractivity contribution in [1.82, 2.24) is 25.0 Å². The monoisotopic (exact) mass is 514 g/mol. The summed E-state index contributed by atoms with van der Waals surface area (Å²) in [5, 5.41) is 13.9. The number of anilines is 1. The van der Waals surface area contributed by atoms with Crippen molar-refractivity contribution in [2.24, 2.45) is 0 Å². The first-order valence-corrected chi connectivity index (χ1v) is 11.7. The fourth-order valence-corrected chi connectivity index (χ4v) is 4.05. The van der Waals surface area contributed by atoms with Crippen molar-refractivity contribution < 1.29 is 14.0 Å². The van der Waals surface area contributed by atoms with Crippen LogP contribution in [-0.4, -0.2) is 36.7 Å². The molecular weight excluding hydrogens is 495 g/mol. The molecule has 3 aromatic heterocycles. The van der Waals surface area contributed by atoms with Gasteiger partial charge in [0.05, 0.1) is 28.2 Å². The van der Waals surface area contributed by atoms with E-state index < -0.39 is 11.7 Å². The summed E-state index contributed by atoms with van der Waals surface area (Å²) in [4.78, 5) is 30.5. The zero-order chi connectivity index (χ0) is 25.9. The number of ketones is 1. The summed E-state index contributed by atoms with van der Waals surface area (Å²) in [5.74, 6) is -1.18. The topological polar surface area (TPSA) is 106 Å². The number of hydrogen-bond donors (Lipinski definition) is 2. The number of rotatable bonds is 7. The van der Waals surface area contributed by atoms with E-state index in [1.54, 1.807) is 36.5 Å². The number of amides is 1. The van der Waals surface area contributed by atoms with Gasteiger partial charge >= 0.3 is 0 Å². The molecule has 0 saturated heterocycles. The van der Waals surface area contributed by atoms with Gasteiger partial charge in [0.15, 0.2) is 5.78 Å². The number of hydrogen-bond acceptors (Lipinski definition) is 5. The minimum Gasteiger partial charge on any atom is -0.306 e. The Labute approximate surface area is 216 Å². The van der Waals surface area contributed by atoms with Crippen LogP contribution in [0.3, 0.4) is 0 Å². The van der Waals surface area contributed by atoms with Crippen molar-refractivity contribution in [1.29, 1.82) is 0 Å². The van der Waals surface area contributed by atoms with Crippen LogP contribution in [0.4, 0.5) is 10.2 Å². The lowest BCUT2D eigenvalue weighted by Gasteiger charge is -2.11. The third kappa shape index (κ3) is 5.03. The molecule has 1 amide bonds. The van der Waals surface area contributed by atoms with Crippen LogP contribution in [-0.2, 0) is 6.42 Å². The molecule has 2 N–H and O–H groups in total. The highest BCUT2D eigenvalue weighted by Gasteiger charge is 2.21. The van der Waals surface area contributed by atoms with Gasteiger partial charge in [0.25, 0.3) is 5.91 Å². The van der Waals surface area contributed by atoms with Crippen LogP contribution in [0, 0.1) is 12.7 Å². The van der Waals surface area contributed by atoms with E-state index in [0.29, 0.717) is 11.4 Å². The fraction of sp³-hybridized carbons (Fsp3) is 0.0741. The van der Waals surface area contributed by atoms with E-state index in [4.69, 9.17) is 11.6 Å². The zero-order valence-electron chi connectivity index (χ0n) is 19.6. The van der Waals surface area contributed by atoms with Gasteiger partial charge in [0.1, 0.15) is 17.3 Å². The predicted molar refractivity (Wildman–Crippen MR) is 138 cm³/mol. The van der Waals surface area contributed by atoms with Crippen LogP contribution in [0.5, 0.6) is 0 Å². The number of nitrogens with zero attached hydrogens (tertiary/aromatic N) is 4. The van der Waals surface area contributed by atoms with Gasteiger partial charge in [-0.05, 0) is 43.3 Å². The molecule has 0 saturated carbocycles. The summed E-state index contributed by atoms with van der Waals surface area (Å²) in [7, 11) is 0. The highest BCUT2D eigenvalue weighted by molar-refractivity contribution is 6.34. The molecule has 8 nitrogen and oxygen atoms in total. The van der Waals surface area contributed by atoms with Gasteiger partial charge in [0, 0.05) is 35.5 Å². The molecule has 0 spiro atoms. The largest absolute Gasteiger partial charge is 0.306 e. The van der Waals surface area contributed by atoms with Crippen LogP contribution < -0.4 is 5.32 Å². The van der Waals surface area contributed by atoms with E-state index in [0.717, 1.165) is 17.3 Å². The molecule has 0 radical (unpaired) electrons. The smallest absolute Gasteiger partial charge is 0.258 e. The van der Waals surface area contributed by atoms with Gasteiger partial charge in [-0.1, -0.05) is 35.9 Å². The minimum atomic E-state index is -0.600. The lowest BCUT2D eigenvalue weighted by Crippen LogP contribution is -2.16. The summed E-state index contributed by atoms with van der Waals surface area (Å²) in [6.07, 6.45) is 3.23. The number of carbonyl (C=O) groups is 2. The quantitative estimate of drug-likeness (QED) is 0.281. The first-order valence-electron chi connectivity index (χ1n) is 11.3. The summed E-state index contributed by atoms with van der Waals surface area (Å²) in [6.45, 7) is 1.83. The summed E-state index contributed by atoms with van der Waals surface area (Å²) < 4.78 is 16.1. The first kappa shape index (κ1) is 24.1. The third-order valence-electron chi connectivity index (χ3n) is 5.76. The number of Topliss-reactive ketones (excluding diaryl/α,β-unsaturated/α-hetero) is 1. The van der Waals surface area contributed by atoms with Crippen LogP contribution in [0.2, 0.25) is 5.02 Å². The summed E-state index contributed by atoms with van der Waals surface area (Å²) in [5.41, 5.74) is 2.89. The van der Waals surface area contributed by atoms with Gasteiger partial charge in [0.2, 0.25) is 0 Å². The van der Waals surface area contributed by atoms with Crippen molar-refractivity contribution in [3.63, 3.8) is 0 Å². The van der Waals surface area contributed by atoms with E-state index in [9.17, 15) is 14.0 Å². The Kier molecular flexibility index (Phi) is 6.61. The third-order valence-corrected chi connectivity index (χ3v) is 6.08. The molecule has 0 atom stereocenters. The van der Waals surface area contributed by atoms with E-state index in [1.807, 2.05) is 25.1 Å². The predicted octanol–water partition coefficient (Wildman–Crippen LogP) is 5.44. The number of halogens is 2. The Morgan fingerprint density at radius 1 is 1.08 bits per heavy atom. The standard InChI is InChI=1S/C27H20ClFN6O2/c1-16-17(15-31-33-16)11-25(36)24-14-26(35(34-24)18-7-3-2-4-8-18)32-27(37)19-12-20(22(29)13-21(19)28)23-9-5-6-10-30-23/h2-10,12-15H,11H2,1H3,(H,31,33)(H,32,37). The number of carbonyl (C=O) groups excluding carboxylic acids is 2. The van der Waals surface area contributed by atoms with E-state index in [2.05, 4.69) is 25.6 Å². The molecule has 3 heterocycles. The molecule has 184 valence electrons. The highest BCUT2D eigenvalue weighted by Crippen LogP contribution is 2.28. The number of aryl methyl sites for hydroxylation is 1. The van der Waals surface area contributed by atoms with Crippen molar-refractivity contribution in [3.05, 3.63) is 112 Å². The maximum absolute atomic E-state index is 14.7. The molecule has 0 bridgehead atoms. The van der Waals surface area contributed by atoms with Crippen LogP contribution in [0.25, 0.3) is 16.9 Å². The van der Waals surface area contributed by atoms with Crippen molar-refractivity contribution in [2.45, 2.75) is 13.3 Å². The second-order valence-electron chi connectivity index (χ2n) is 8.26. The average molecular weight is 515 g/mol. The zero-order valence-corrected chi connectivity index (χ0v) is 20.3. The molecule has 0 unspecified atom stereocenters. The van der Waals surface area contributed by atoms with Gasteiger partial charge in [-0.25, -0.2) is 9.07 Å². The Morgan fingerprint density at radius 3 is 2.57 bits per heavy atom. The van der Waals surface area contributed by atoms with Crippen molar-refractivity contribution in [2.75, 3.05) is 5.32 Å². The molecule has 37 heavy (non-hydrogen) atoms. The van der Waals surface area contributed by atoms with E-state index >= 15 is 0 Å². The number of aromatic nitrogens is 5. The SMILES string of the molecule is Cc1[nH]ncc1CC(=O)c1cc(NC(=O)c2cc(-c3ccccn3)c(F)cc2Cl)n(-c2ccccc2)n1. The lowest BCUT2D eigenvalue weighted by atomic mass is 10.1. The number of para-hydroxylation sites is 1. The van der Waals surface area contributed by atoms with Crippen molar-refractivity contribution in [3.8, 4) is 16.9 Å². The second-order valence-corrected chi connectivity index (χ2v) is 8.67. The van der Waals surface area contributed by atoms with E-state index in [1.165, 1.54) is 23.0 Å². The second kappa shape index (κ2) is 10.2. The fourth-order valence-electron chi connectivity index (χ4n) is 3.81. The highest BCUT2D eigenvalue weighted by atomic mass is 35.5. The number of pyridine rings is 1.